The highest BCUT2D eigenvalue weighted by molar-refractivity contribution is 7.98. The second-order valence-corrected chi connectivity index (χ2v) is 7.55. The van der Waals surface area contributed by atoms with E-state index in [1.165, 1.54) is 22.5 Å². The van der Waals surface area contributed by atoms with Crippen LogP contribution in [0.5, 0.6) is 0 Å². The third kappa shape index (κ3) is 6.02. The van der Waals surface area contributed by atoms with Gasteiger partial charge in [0.05, 0.1) is 4.88 Å². The summed E-state index contributed by atoms with van der Waals surface area (Å²) in [6, 6.07) is 11.5. The Morgan fingerprint density at radius 3 is 2.62 bits per heavy atom. The van der Waals surface area contributed by atoms with Crippen LogP contribution < -0.4 is 10.6 Å². The van der Waals surface area contributed by atoms with Gasteiger partial charge in [-0.25, -0.2) is 0 Å². The first-order valence-corrected chi connectivity index (χ1v) is 9.85. The quantitative estimate of drug-likeness (QED) is 0.709. The molecule has 0 aliphatic heterocycles. The van der Waals surface area contributed by atoms with Gasteiger partial charge in [0.2, 0.25) is 5.91 Å². The molecule has 2 rings (SSSR count). The van der Waals surface area contributed by atoms with Crippen LogP contribution in [0.4, 0.5) is 0 Å². The Hall–Kier alpha value is -1.79. The number of hydrogen-bond donors (Lipinski definition) is 2. The average molecular weight is 363 g/mol. The van der Waals surface area contributed by atoms with Crippen molar-refractivity contribution >= 4 is 34.9 Å². The minimum absolute atomic E-state index is 0.157. The highest BCUT2D eigenvalue weighted by Gasteiger charge is 2.16. The predicted molar refractivity (Wildman–Crippen MR) is 102 cm³/mol. The minimum atomic E-state index is -0.540. The van der Waals surface area contributed by atoms with Crippen molar-refractivity contribution in [2.75, 3.05) is 12.3 Å². The summed E-state index contributed by atoms with van der Waals surface area (Å²) >= 11 is 3.14. The molecule has 4 nitrogen and oxygen atoms in total. The van der Waals surface area contributed by atoms with Crippen molar-refractivity contribution in [3.63, 3.8) is 0 Å². The van der Waals surface area contributed by atoms with E-state index in [0.29, 0.717) is 11.4 Å². The molecule has 0 bridgehead atoms. The number of carbonyl (C=O) groups excluding carboxylic acids is 2. The molecule has 2 N–H and O–H groups in total. The van der Waals surface area contributed by atoms with Crippen LogP contribution in [0.25, 0.3) is 0 Å². The number of benzene rings is 1. The molecule has 1 heterocycles. The van der Waals surface area contributed by atoms with Crippen LogP contribution in [0.3, 0.4) is 0 Å². The second kappa shape index (κ2) is 9.49. The van der Waals surface area contributed by atoms with Gasteiger partial charge in [-0.15, -0.1) is 11.3 Å². The molecule has 1 aromatic carbocycles. The van der Waals surface area contributed by atoms with Crippen molar-refractivity contribution in [3.8, 4) is 0 Å². The summed E-state index contributed by atoms with van der Waals surface area (Å²) in [7, 11) is 0. The fourth-order valence-corrected chi connectivity index (χ4v) is 3.46. The highest BCUT2D eigenvalue weighted by Crippen LogP contribution is 2.12. The molecule has 6 heteroatoms. The van der Waals surface area contributed by atoms with E-state index < -0.39 is 6.04 Å². The average Bonchev–Trinajstić information content (AvgIpc) is 3.10. The van der Waals surface area contributed by atoms with E-state index in [1.807, 2.05) is 11.4 Å². The third-order valence-corrected chi connectivity index (χ3v) is 5.32. The first kappa shape index (κ1) is 18.5. The van der Waals surface area contributed by atoms with E-state index in [2.05, 4.69) is 41.8 Å². The number of nitrogens with one attached hydrogen (secondary N) is 2. The first-order valence-electron chi connectivity index (χ1n) is 7.81. The van der Waals surface area contributed by atoms with Gasteiger partial charge in [0.15, 0.2) is 0 Å². The van der Waals surface area contributed by atoms with Crippen molar-refractivity contribution in [1.29, 1.82) is 0 Å². The summed E-state index contributed by atoms with van der Waals surface area (Å²) in [6.07, 6.45) is 0. The Labute approximate surface area is 151 Å². The summed E-state index contributed by atoms with van der Waals surface area (Å²) in [5.41, 5.74) is 2.54. The van der Waals surface area contributed by atoms with Crippen molar-refractivity contribution in [1.82, 2.24) is 10.6 Å². The van der Waals surface area contributed by atoms with Crippen LogP contribution in [-0.2, 0) is 10.5 Å². The zero-order chi connectivity index (χ0) is 17.4. The van der Waals surface area contributed by atoms with Crippen molar-refractivity contribution in [2.24, 2.45) is 0 Å². The maximum Gasteiger partial charge on any atom is 0.261 e. The lowest BCUT2D eigenvalue weighted by Crippen LogP contribution is -2.45. The van der Waals surface area contributed by atoms with Crippen LogP contribution in [0.2, 0.25) is 0 Å². The van der Waals surface area contributed by atoms with Crippen molar-refractivity contribution < 1.29 is 9.59 Å². The Balaban J connectivity index is 1.62. The van der Waals surface area contributed by atoms with Crippen LogP contribution in [0.1, 0.15) is 27.7 Å². The Morgan fingerprint density at radius 1 is 1.21 bits per heavy atom. The van der Waals surface area contributed by atoms with Crippen molar-refractivity contribution in [2.45, 2.75) is 25.6 Å². The van der Waals surface area contributed by atoms with Gasteiger partial charge in [-0.1, -0.05) is 35.9 Å². The Kier molecular flexibility index (Phi) is 7.34. The molecule has 2 amide bonds. The number of thioether (sulfide) groups is 1. The normalized spacial score (nSPS) is 11.8. The molecule has 2 aromatic rings. The number of rotatable bonds is 8. The van der Waals surface area contributed by atoms with Gasteiger partial charge < -0.3 is 10.6 Å². The molecule has 0 saturated heterocycles. The molecule has 0 aliphatic rings. The van der Waals surface area contributed by atoms with Gasteiger partial charge in [-0.05, 0) is 30.9 Å². The zero-order valence-corrected chi connectivity index (χ0v) is 15.5. The Bertz CT molecular complexity index is 654. The molecule has 0 spiro atoms. The molecule has 0 radical (unpaired) electrons. The summed E-state index contributed by atoms with van der Waals surface area (Å²) in [5.74, 6) is 1.41. The number of carbonyl (C=O) groups is 2. The van der Waals surface area contributed by atoms with E-state index >= 15 is 0 Å². The van der Waals surface area contributed by atoms with Crippen LogP contribution in [0, 0.1) is 6.92 Å². The molecule has 0 aliphatic carbocycles. The molecular formula is C18H22N2O2S2. The van der Waals surface area contributed by atoms with Gasteiger partial charge in [0, 0.05) is 18.1 Å². The largest absolute Gasteiger partial charge is 0.353 e. The second-order valence-electron chi connectivity index (χ2n) is 5.50. The molecule has 128 valence electrons. The maximum atomic E-state index is 12.0. The lowest BCUT2D eigenvalue weighted by molar-refractivity contribution is -0.122. The van der Waals surface area contributed by atoms with Crippen molar-refractivity contribution in [3.05, 3.63) is 57.8 Å². The van der Waals surface area contributed by atoms with Gasteiger partial charge in [0.1, 0.15) is 6.04 Å². The van der Waals surface area contributed by atoms with Crippen LogP contribution >= 0.6 is 23.1 Å². The number of thiophene rings is 1. The Morgan fingerprint density at radius 2 is 1.96 bits per heavy atom. The summed E-state index contributed by atoms with van der Waals surface area (Å²) in [4.78, 5) is 24.5. The molecule has 1 atom stereocenters. The monoisotopic (exact) mass is 362 g/mol. The number of aryl methyl sites for hydroxylation is 1. The van der Waals surface area contributed by atoms with E-state index in [4.69, 9.17) is 0 Å². The maximum absolute atomic E-state index is 12.0. The van der Waals surface area contributed by atoms with E-state index in [9.17, 15) is 9.59 Å². The summed E-state index contributed by atoms with van der Waals surface area (Å²) in [5, 5.41) is 7.40. The fourth-order valence-electron chi connectivity index (χ4n) is 2.01. The van der Waals surface area contributed by atoms with Gasteiger partial charge in [0.25, 0.3) is 5.91 Å². The lowest BCUT2D eigenvalue weighted by Gasteiger charge is -2.13. The molecule has 0 saturated carbocycles. The fraction of sp³-hybridized carbons (Fsp3) is 0.333. The van der Waals surface area contributed by atoms with Gasteiger partial charge >= 0.3 is 0 Å². The lowest BCUT2D eigenvalue weighted by atomic mass is 10.2. The number of amides is 2. The zero-order valence-electron chi connectivity index (χ0n) is 13.9. The SMILES string of the molecule is Cc1ccc(CSCCNC(=O)C(C)NC(=O)c2cccs2)cc1. The predicted octanol–water partition coefficient (Wildman–Crippen LogP) is 3.22. The molecule has 0 fully saturated rings. The molecule has 24 heavy (non-hydrogen) atoms. The van der Waals surface area contributed by atoms with E-state index in [0.717, 1.165) is 11.5 Å². The van der Waals surface area contributed by atoms with Crippen LogP contribution in [0.15, 0.2) is 41.8 Å². The van der Waals surface area contributed by atoms with E-state index in [-0.39, 0.29) is 11.8 Å². The highest BCUT2D eigenvalue weighted by atomic mass is 32.2. The minimum Gasteiger partial charge on any atom is -0.353 e. The number of hydrogen-bond acceptors (Lipinski definition) is 4. The standard InChI is InChI=1S/C18H22N2O2S2/c1-13-5-7-15(8-6-13)12-23-11-9-19-17(21)14(2)20-18(22)16-4-3-10-24-16/h3-8,10,14H,9,11-12H2,1-2H3,(H,19,21)(H,20,22). The molecular weight excluding hydrogens is 340 g/mol. The molecule has 1 aromatic heterocycles. The summed E-state index contributed by atoms with van der Waals surface area (Å²) in [6.45, 7) is 4.36. The van der Waals surface area contributed by atoms with Gasteiger partial charge in [-0.2, -0.15) is 11.8 Å². The van der Waals surface area contributed by atoms with E-state index in [1.54, 1.807) is 24.8 Å². The first-order chi connectivity index (χ1) is 11.6. The van der Waals surface area contributed by atoms with Crippen LogP contribution in [-0.4, -0.2) is 30.2 Å². The smallest absolute Gasteiger partial charge is 0.261 e. The van der Waals surface area contributed by atoms with Gasteiger partial charge in [-0.3, -0.25) is 9.59 Å². The summed E-state index contributed by atoms with van der Waals surface area (Å²) < 4.78 is 0. The third-order valence-electron chi connectivity index (χ3n) is 3.42. The molecule has 1 unspecified atom stereocenters. The topological polar surface area (TPSA) is 58.2 Å².